The summed E-state index contributed by atoms with van der Waals surface area (Å²) in [5.74, 6) is 0. The van der Waals surface area contributed by atoms with Crippen LogP contribution in [0.3, 0.4) is 0 Å². The van der Waals surface area contributed by atoms with E-state index in [1.54, 1.807) is 30.7 Å². The summed E-state index contributed by atoms with van der Waals surface area (Å²) in [5, 5.41) is 0. The summed E-state index contributed by atoms with van der Waals surface area (Å²) in [4.78, 5) is 11.3. The topological polar surface area (TPSA) is 37.3 Å². The number of carbonyl (C=O) groups excluding carboxylic acids is 1. The van der Waals surface area contributed by atoms with E-state index >= 15 is 0 Å². The molecule has 12 heavy (non-hydrogen) atoms. The Bertz CT molecular complexity index is 289. The molecule has 0 aliphatic carbocycles. The summed E-state index contributed by atoms with van der Waals surface area (Å²) in [6.45, 7) is 0. The molecular weight excluding hydrogens is 172 g/mol. The maximum Gasteiger partial charge on any atom is 0.150 e. The molecule has 1 N–H and O–H groups in total. The van der Waals surface area contributed by atoms with Crippen LogP contribution in [0.1, 0.15) is 10.4 Å². The zero-order valence-corrected chi connectivity index (χ0v) is 7.97. The van der Waals surface area contributed by atoms with Crippen molar-refractivity contribution in [3.63, 3.8) is 0 Å². The number of aldehydes is 1. The predicted molar refractivity (Wildman–Crippen MR) is 52.2 cm³/mol. The van der Waals surface area contributed by atoms with Gasteiger partial charge >= 0.3 is 0 Å². The van der Waals surface area contributed by atoms with Crippen LogP contribution in [0.15, 0.2) is 29.2 Å². The molecule has 1 aromatic rings. The van der Waals surface area contributed by atoms with Crippen LogP contribution in [-0.4, -0.2) is 23.4 Å². The largest absolute Gasteiger partial charge is 0.348 e. The minimum absolute atomic E-state index is 0.613. The molecule has 2 nitrogen and oxygen atoms in total. The molecular formula is C9H12O2S. The fourth-order valence-electron chi connectivity index (χ4n) is 0.899. The van der Waals surface area contributed by atoms with E-state index in [0.717, 1.165) is 11.2 Å². The Hall–Kier alpha value is -0.800. The van der Waals surface area contributed by atoms with Gasteiger partial charge in [-0.1, -0.05) is 12.1 Å². The second kappa shape index (κ2) is 3.29. The van der Waals surface area contributed by atoms with Crippen molar-refractivity contribution in [2.75, 3.05) is 12.5 Å². The molecule has 1 aromatic carbocycles. The van der Waals surface area contributed by atoms with Crippen molar-refractivity contribution in [1.82, 2.24) is 0 Å². The van der Waals surface area contributed by atoms with Gasteiger partial charge in [0.25, 0.3) is 0 Å². The van der Waals surface area contributed by atoms with Gasteiger partial charge in [-0.05, 0) is 24.6 Å². The van der Waals surface area contributed by atoms with E-state index in [0.29, 0.717) is 5.56 Å². The Labute approximate surface area is 73.8 Å². The fraction of sp³-hybridized carbons (Fsp3) is 0.222. The van der Waals surface area contributed by atoms with Gasteiger partial charge in [0.15, 0.2) is 0 Å². The van der Waals surface area contributed by atoms with Crippen LogP contribution in [0.4, 0.5) is 0 Å². The Balaban J connectivity index is 3.10. The van der Waals surface area contributed by atoms with Gasteiger partial charge in [-0.15, -0.1) is 10.3 Å². The van der Waals surface area contributed by atoms with Crippen molar-refractivity contribution in [3.05, 3.63) is 29.8 Å². The third-order valence-electron chi connectivity index (χ3n) is 1.57. The first-order chi connectivity index (χ1) is 5.54. The first-order valence-corrected chi connectivity index (χ1v) is 5.96. The number of hydrogen-bond donors (Lipinski definition) is 1. The molecule has 0 bridgehead atoms. The van der Waals surface area contributed by atoms with Crippen molar-refractivity contribution in [1.29, 1.82) is 0 Å². The number of rotatable bonds is 2. The molecule has 3 heteroatoms. The molecule has 0 radical (unpaired) electrons. The highest BCUT2D eigenvalue weighted by Gasteiger charge is 2.09. The van der Waals surface area contributed by atoms with E-state index in [9.17, 15) is 9.35 Å². The van der Waals surface area contributed by atoms with Gasteiger partial charge in [-0.25, -0.2) is 0 Å². The number of carbonyl (C=O) groups is 1. The maximum absolute atomic E-state index is 10.4. The predicted octanol–water partition coefficient (Wildman–Crippen LogP) is 2.40. The lowest BCUT2D eigenvalue weighted by Crippen LogP contribution is -1.94. The monoisotopic (exact) mass is 184 g/mol. The molecule has 0 saturated carbocycles. The Morgan fingerprint density at radius 2 is 2.08 bits per heavy atom. The fourth-order valence-corrected chi connectivity index (χ4v) is 1.73. The summed E-state index contributed by atoms with van der Waals surface area (Å²) >= 11 is 0. The lowest BCUT2D eigenvalue weighted by Gasteiger charge is -2.23. The van der Waals surface area contributed by atoms with Crippen molar-refractivity contribution < 1.29 is 9.35 Å². The van der Waals surface area contributed by atoms with Crippen LogP contribution in [0.5, 0.6) is 0 Å². The zero-order valence-electron chi connectivity index (χ0n) is 7.15. The van der Waals surface area contributed by atoms with Gasteiger partial charge in [-0.2, -0.15) is 0 Å². The maximum atomic E-state index is 10.4. The van der Waals surface area contributed by atoms with Crippen LogP contribution in [0.2, 0.25) is 0 Å². The van der Waals surface area contributed by atoms with E-state index in [4.69, 9.17) is 0 Å². The number of benzene rings is 1. The van der Waals surface area contributed by atoms with E-state index in [-0.39, 0.29) is 0 Å². The highest BCUT2D eigenvalue weighted by Crippen LogP contribution is 2.44. The van der Waals surface area contributed by atoms with Gasteiger partial charge < -0.3 is 4.55 Å². The molecule has 0 atom stereocenters. The molecule has 66 valence electrons. The quantitative estimate of drug-likeness (QED) is 0.716. The molecule has 0 saturated heterocycles. The van der Waals surface area contributed by atoms with Gasteiger partial charge in [0.1, 0.15) is 6.29 Å². The highest BCUT2D eigenvalue weighted by molar-refractivity contribution is 8.28. The summed E-state index contributed by atoms with van der Waals surface area (Å²) in [7, 11) is -1.69. The summed E-state index contributed by atoms with van der Waals surface area (Å²) in [5.41, 5.74) is 0.613. The summed E-state index contributed by atoms with van der Waals surface area (Å²) in [6.07, 6.45) is 4.34. The van der Waals surface area contributed by atoms with Crippen LogP contribution in [-0.2, 0) is 0 Å². The average Bonchev–Trinajstić information content (AvgIpc) is 2.03. The van der Waals surface area contributed by atoms with E-state index < -0.39 is 10.3 Å². The molecule has 0 fully saturated rings. The van der Waals surface area contributed by atoms with Crippen LogP contribution < -0.4 is 0 Å². The minimum atomic E-state index is -1.69. The molecule has 0 aliphatic rings. The normalized spacial score (nSPS) is 12.6. The van der Waals surface area contributed by atoms with E-state index in [1.807, 2.05) is 6.07 Å². The van der Waals surface area contributed by atoms with Crippen LogP contribution in [0, 0.1) is 0 Å². The Kier molecular flexibility index (Phi) is 2.55. The third-order valence-corrected chi connectivity index (χ3v) is 2.98. The standard InChI is InChI=1S/C9H12O2S/c1-12(2,11)9-5-3-4-8(6-9)7-10/h3-7,11H,1-2H3. The second-order valence-electron chi connectivity index (χ2n) is 2.96. The second-order valence-corrected chi connectivity index (χ2v) is 5.98. The van der Waals surface area contributed by atoms with Crippen molar-refractivity contribution >= 4 is 16.6 Å². The lowest BCUT2D eigenvalue weighted by atomic mass is 10.2. The average molecular weight is 184 g/mol. The van der Waals surface area contributed by atoms with Crippen LogP contribution in [0.25, 0.3) is 0 Å². The Morgan fingerprint density at radius 3 is 2.58 bits per heavy atom. The molecule has 0 aliphatic heterocycles. The summed E-state index contributed by atoms with van der Waals surface area (Å²) < 4.78 is 9.68. The lowest BCUT2D eigenvalue weighted by molar-refractivity contribution is 0.112. The summed E-state index contributed by atoms with van der Waals surface area (Å²) in [6, 6.07) is 7.07. The molecule has 0 aromatic heterocycles. The molecule has 0 heterocycles. The zero-order chi connectivity index (χ0) is 9.19. The Morgan fingerprint density at radius 1 is 1.42 bits per heavy atom. The smallest absolute Gasteiger partial charge is 0.150 e. The van der Waals surface area contributed by atoms with E-state index in [1.165, 1.54) is 0 Å². The third kappa shape index (κ3) is 2.09. The van der Waals surface area contributed by atoms with Crippen molar-refractivity contribution in [2.45, 2.75) is 4.90 Å². The van der Waals surface area contributed by atoms with Crippen molar-refractivity contribution in [2.24, 2.45) is 0 Å². The van der Waals surface area contributed by atoms with Crippen molar-refractivity contribution in [3.8, 4) is 0 Å². The first kappa shape index (κ1) is 9.29. The van der Waals surface area contributed by atoms with Crippen LogP contribution >= 0.6 is 10.3 Å². The first-order valence-electron chi connectivity index (χ1n) is 3.55. The molecule has 0 spiro atoms. The van der Waals surface area contributed by atoms with Gasteiger partial charge in [-0.3, -0.25) is 4.79 Å². The highest BCUT2D eigenvalue weighted by atomic mass is 32.3. The van der Waals surface area contributed by atoms with Gasteiger partial charge in [0, 0.05) is 10.5 Å². The van der Waals surface area contributed by atoms with Gasteiger partial charge in [0.2, 0.25) is 0 Å². The van der Waals surface area contributed by atoms with E-state index in [2.05, 4.69) is 0 Å². The molecule has 0 amide bonds. The molecule has 1 rings (SSSR count). The number of hydrogen-bond acceptors (Lipinski definition) is 2. The minimum Gasteiger partial charge on any atom is -0.348 e. The molecule has 0 unspecified atom stereocenters. The SMILES string of the molecule is CS(C)(O)c1cccc(C=O)c1. The van der Waals surface area contributed by atoms with Gasteiger partial charge in [0.05, 0.1) is 0 Å².